The van der Waals surface area contributed by atoms with Gasteiger partial charge in [0.2, 0.25) is 11.8 Å². The SMILES string of the molecule is C[C@H](C(=O)NCC(=O)O)N(C(=O)OC(C)(C)C)C(=O)[C@@H](N)Cc1ccc(OCc2ccccc2)cc1. The minimum absolute atomic E-state index is 0.0839. The first-order valence-corrected chi connectivity index (χ1v) is 11.4. The van der Waals surface area contributed by atoms with E-state index >= 15 is 0 Å². The Bertz CT molecular complexity index is 1050. The van der Waals surface area contributed by atoms with Crippen LogP contribution < -0.4 is 15.8 Å². The fraction of sp³-hybridized carbons (Fsp3) is 0.385. The van der Waals surface area contributed by atoms with E-state index in [4.69, 9.17) is 20.3 Å². The van der Waals surface area contributed by atoms with Gasteiger partial charge in [0.1, 0.15) is 30.5 Å². The number of amides is 3. The molecule has 3 amide bonds. The highest BCUT2D eigenvalue weighted by Crippen LogP contribution is 2.17. The molecule has 0 aliphatic carbocycles. The first-order valence-electron chi connectivity index (χ1n) is 11.4. The molecule has 0 aliphatic heterocycles. The summed E-state index contributed by atoms with van der Waals surface area (Å²) in [5.74, 6) is -2.28. The molecular weight excluding hydrogens is 466 g/mol. The van der Waals surface area contributed by atoms with E-state index in [0.717, 1.165) is 11.1 Å². The van der Waals surface area contributed by atoms with Crippen molar-refractivity contribution in [3.8, 4) is 5.75 Å². The molecule has 0 aliphatic rings. The van der Waals surface area contributed by atoms with Crippen molar-refractivity contribution in [1.29, 1.82) is 0 Å². The number of ether oxygens (including phenoxy) is 2. The quantitative estimate of drug-likeness (QED) is 0.452. The van der Waals surface area contributed by atoms with E-state index in [1.807, 2.05) is 30.3 Å². The summed E-state index contributed by atoms with van der Waals surface area (Å²) >= 11 is 0. The van der Waals surface area contributed by atoms with E-state index in [-0.39, 0.29) is 6.42 Å². The predicted molar refractivity (Wildman–Crippen MR) is 132 cm³/mol. The lowest BCUT2D eigenvalue weighted by Crippen LogP contribution is -2.57. The van der Waals surface area contributed by atoms with Crippen LogP contribution in [-0.2, 0) is 32.1 Å². The van der Waals surface area contributed by atoms with Crippen LogP contribution >= 0.6 is 0 Å². The summed E-state index contributed by atoms with van der Waals surface area (Å²) < 4.78 is 11.1. The van der Waals surface area contributed by atoms with E-state index in [1.165, 1.54) is 6.92 Å². The van der Waals surface area contributed by atoms with Crippen molar-refractivity contribution in [2.75, 3.05) is 6.54 Å². The highest BCUT2D eigenvalue weighted by molar-refractivity contribution is 6.00. The Balaban J connectivity index is 2.09. The molecule has 0 fully saturated rings. The maximum Gasteiger partial charge on any atom is 0.417 e. The maximum absolute atomic E-state index is 13.2. The molecule has 194 valence electrons. The summed E-state index contributed by atoms with van der Waals surface area (Å²) in [5.41, 5.74) is 6.93. The third-order valence-electron chi connectivity index (χ3n) is 4.95. The number of imide groups is 1. The lowest BCUT2D eigenvalue weighted by Gasteiger charge is -2.31. The van der Waals surface area contributed by atoms with Gasteiger partial charge < -0.3 is 25.6 Å². The van der Waals surface area contributed by atoms with Crippen LogP contribution in [0.15, 0.2) is 54.6 Å². The van der Waals surface area contributed by atoms with Crippen LogP contribution in [0.4, 0.5) is 4.79 Å². The zero-order valence-corrected chi connectivity index (χ0v) is 20.9. The predicted octanol–water partition coefficient (Wildman–Crippen LogP) is 2.49. The molecule has 0 saturated heterocycles. The number of hydrogen-bond acceptors (Lipinski definition) is 7. The standard InChI is InChI=1S/C26H33N3O7/c1-17(23(32)28-15-22(30)31)29(25(34)36-26(2,3)4)24(33)21(27)14-18-10-12-20(13-11-18)35-16-19-8-6-5-7-9-19/h5-13,17,21H,14-16,27H2,1-4H3,(H,28,32)(H,30,31)/t17-,21+/m1/s1. The van der Waals surface area contributed by atoms with Crippen molar-refractivity contribution >= 4 is 23.9 Å². The molecule has 10 nitrogen and oxygen atoms in total. The molecule has 0 radical (unpaired) electrons. The average Bonchev–Trinajstić information content (AvgIpc) is 2.81. The van der Waals surface area contributed by atoms with Crippen molar-refractivity contribution in [1.82, 2.24) is 10.2 Å². The number of carboxylic acid groups (broad SMARTS) is 1. The van der Waals surface area contributed by atoms with E-state index < -0.39 is 48.1 Å². The van der Waals surface area contributed by atoms with Gasteiger partial charge in [-0.3, -0.25) is 14.4 Å². The number of hydrogen-bond donors (Lipinski definition) is 3. The van der Waals surface area contributed by atoms with Gasteiger partial charge in [-0.1, -0.05) is 42.5 Å². The van der Waals surface area contributed by atoms with Gasteiger partial charge in [0.05, 0.1) is 6.04 Å². The van der Waals surface area contributed by atoms with E-state index in [2.05, 4.69) is 5.32 Å². The van der Waals surface area contributed by atoms with E-state index in [9.17, 15) is 19.2 Å². The zero-order valence-electron chi connectivity index (χ0n) is 20.9. The van der Waals surface area contributed by atoms with Crippen molar-refractivity contribution in [3.63, 3.8) is 0 Å². The highest BCUT2D eigenvalue weighted by atomic mass is 16.6. The molecule has 0 saturated carbocycles. The minimum atomic E-state index is -1.34. The average molecular weight is 500 g/mol. The second-order valence-electron chi connectivity index (χ2n) is 9.20. The topological polar surface area (TPSA) is 148 Å². The summed E-state index contributed by atoms with van der Waals surface area (Å²) in [4.78, 5) is 49.8. The van der Waals surface area contributed by atoms with Crippen LogP contribution in [0.3, 0.4) is 0 Å². The normalized spacial score (nSPS) is 12.7. The number of carboxylic acids is 1. The smallest absolute Gasteiger partial charge is 0.417 e. The number of carbonyl (C=O) groups excluding carboxylic acids is 3. The molecule has 4 N–H and O–H groups in total. The molecule has 0 aromatic heterocycles. The maximum atomic E-state index is 13.2. The minimum Gasteiger partial charge on any atom is -0.489 e. The molecular formula is C26H33N3O7. The van der Waals surface area contributed by atoms with Crippen molar-refractivity contribution in [3.05, 3.63) is 65.7 Å². The number of nitrogens with two attached hydrogens (primary N) is 1. The van der Waals surface area contributed by atoms with Gasteiger partial charge in [0, 0.05) is 0 Å². The summed E-state index contributed by atoms with van der Waals surface area (Å²) in [6.07, 6.45) is -0.966. The van der Waals surface area contributed by atoms with Crippen LogP contribution in [0.2, 0.25) is 0 Å². The van der Waals surface area contributed by atoms with Crippen molar-refractivity contribution in [2.24, 2.45) is 5.73 Å². The molecule has 2 rings (SSSR count). The van der Waals surface area contributed by atoms with Gasteiger partial charge in [0.15, 0.2) is 0 Å². The number of aliphatic carboxylic acids is 1. The molecule has 36 heavy (non-hydrogen) atoms. The molecule has 0 spiro atoms. The monoisotopic (exact) mass is 499 g/mol. The molecule has 10 heteroatoms. The number of carbonyl (C=O) groups is 4. The highest BCUT2D eigenvalue weighted by Gasteiger charge is 2.37. The first-order chi connectivity index (χ1) is 16.9. The largest absolute Gasteiger partial charge is 0.489 e. The summed E-state index contributed by atoms with van der Waals surface area (Å²) in [7, 11) is 0. The van der Waals surface area contributed by atoms with Crippen molar-refractivity contribution in [2.45, 2.75) is 58.4 Å². The lowest BCUT2D eigenvalue weighted by molar-refractivity contribution is -0.141. The second-order valence-corrected chi connectivity index (χ2v) is 9.20. The molecule has 2 aromatic rings. The van der Waals surface area contributed by atoms with Gasteiger partial charge in [-0.25, -0.2) is 9.69 Å². The molecule has 2 atom stereocenters. The molecule has 0 bridgehead atoms. The second kappa shape index (κ2) is 12.7. The van der Waals surface area contributed by atoms with Gasteiger partial charge in [-0.2, -0.15) is 0 Å². The van der Waals surface area contributed by atoms with E-state index in [1.54, 1.807) is 45.0 Å². The molecule has 0 heterocycles. The van der Waals surface area contributed by atoms with E-state index in [0.29, 0.717) is 17.3 Å². The van der Waals surface area contributed by atoms with Crippen LogP contribution in [-0.4, -0.2) is 58.1 Å². The van der Waals surface area contributed by atoms with Gasteiger partial charge in [-0.05, 0) is 57.4 Å². The van der Waals surface area contributed by atoms with Crippen molar-refractivity contribution < 1.29 is 33.8 Å². The lowest BCUT2D eigenvalue weighted by atomic mass is 10.0. The fourth-order valence-corrected chi connectivity index (χ4v) is 3.16. The number of nitrogens with one attached hydrogen (secondary N) is 1. The first kappa shape index (κ1) is 28.3. The van der Waals surface area contributed by atoms with Gasteiger partial charge in [0.25, 0.3) is 0 Å². The van der Waals surface area contributed by atoms with Crippen LogP contribution in [0, 0.1) is 0 Å². The summed E-state index contributed by atoms with van der Waals surface area (Å²) in [5, 5.41) is 11.0. The Morgan fingerprint density at radius 2 is 1.61 bits per heavy atom. The Hall–Kier alpha value is -3.92. The molecule has 2 aromatic carbocycles. The van der Waals surface area contributed by atoms with Gasteiger partial charge in [-0.15, -0.1) is 0 Å². The summed E-state index contributed by atoms with van der Waals surface area (Å²) in [6, 6.07) is 14.2. The Kier molecular flexibility index (Phi) is 9.98. The van der Waals surface area contributed by atoms with Crippen LogP contribution in [0.5, 0.6) is 5.75 Å². The van der Waals surface area contributed by atoms with Crippen LogP contribution in [0.1, 0.15) is 38.8 Å². The fourth-order valence-electron chi connectivity index (χ4n) is 3.16. The third kappa shape index (κ3) is 9.03. The molecule has 0 unspecified atom stereocenters. The third-order valence-corrected chi connectivity index (χ3v) is 4.95. The van der Waals surface area contributed by atoms with Gasteiger partial charge >= 0.3 is 12.1 Å². The number of nitrogens with zero attached hydrogens (tertiary/aromatic N) is 1. The Labute approximate surface area is 210 Å². The number of rotatable bonds is 10. The zero-order chi connectivity index (χ0) is 26.9. The Morgan fingerprint density at radius 3 is 2.17 bits per heavy atom. The van der Waals surface area contributed by atoms with Crippen LogP contribution in [0.25, 0.3) is 0 Å². The number of benzene rings is 2. The Morgan fingerprint density at radius 1 is 1.00 bits per heavy atom. The summed E-state index contributed by atoms with van der Waals surface area (Å²) in [6.45, 7) is 5.89.